The number of anilines is 2. The van der Waals surface area contributed by atoms with Crippen molar-refractivity contribution in [1.29, 1.82) is 0 Å². The molecule has 1 unspecified atom stereocenters. The van der Waals surface area contributed by atoms with Crippen LogP contribution in [0.2, 0.25) is 0 Å². The fourth-order valence-electron chi connectivity index (χ4n) is 3.69. The minimum atomic E-state index is -2.23. The van der Waals surface area contributed by atoms with E-state index < -0.39 is 20.2 Å². The average molecular weight is 466 g/mol. The zero-order chi connectivity index (χ0) is 22.8. The van der Waals surface area contributed by atoms with E-state index in [4.69, 9.17) is 19.7 Å². The van der Waals surface area contributed by atoms with Crippen LogP contribution < -0.4 is 15.7 Å². The van der Waals surface area contributed by atoms with Crippen molar-refractivity contribution in [3.63, 3.8) is 0 Å². The number of nitrogens with two attached hydrogens (primary N) is 1. The maximum Gasteiger partial charge on any atom is 0.613 e. The zero-order valence-electron chi connectivity index (χ0n) is 18.4. The summed E-state index contributed by atoms with van der Waals surface area (Å²) in [6.07, 6.45) is 4.86. The van der Waals surface area contributed by atoms with Gasteiger partial charge in [0.1, 0.15) is 18.9 Å². The Morgan fingerprint density at radius 2 is 2.19 bits per heavy atom. The molecule has 0 spiro atoms. The molecule has 174 valence electrons. The normalized spacial score (nSPS) is 22.2. The Balaban J connectivity index is 1.36. The van der Waals surface area contributed by atoms with E-state index >= 15 is 0 Å². The Hall–Kier alpha value is -2.40. The number of ether oxygens (including phenoxy) is 2. The number of carbonyl (C=O) groups excluding carboxylic acids is 1. The number of fused-ring (bicyclic) bond motifs is 1. The van der Waals surface area contributed by atoms with Crippen molar-refractivity contribution in [3.8, 4) is 0 Å². The van der Waals surface area contributed by atoms with E-state index in [1.54, 1.807) is 20.2 Å². The smallest absolute Gasteiger partial charge is 0.465 e. The molecule has 1 aliphatic carbocycles. The quantitative estimate of drug-likeness (QED) is 0.391. The minimum Gasteiger partial charge on any atom is -0.465 e. The van der Waals surface area contributed by atoms with Gasteiger partial charge in [0.15, 0.2) is 17.0 Å². The molecule has 32 heavy (non-hydrogen) atoms. The molecule has 4 atom stereocenters. The van der Waals surface area contributed by atoms with Gasteiger partial charge in [-0.3, -0.25) is 9.36 Å². The maximum atomic E-state index is 12.1. The summed E-state index contributed by atoms with van der Waals surface area (Å²) in [5.41, 5.74) is 7.29. The van der Waals surface area contributed by atoms with Crippen LogP contribution in [0.25, 0.3) is 11.2 Å². The molecule has 2 aromatic rings. The number of hydrogen-bond acceptors (Lipinski definition) is 10. The highest BCUT2D eigenvalue weighted by Gasteiger charge is 2.34. The third kappa shape index (κ3) is 4.98. The fraction of sp³-hybridized carbons (Fsp3) is 0.684. The van der Waals surface area contributed by atoms with Gasteiger partial charge < -0.3 is 20.1 Å². The number of aromatic nitrogens is 4. The topological polar surface area (TPSA) is 147 Å². The number of nitrogen functional groups attached to an aromatic ring is 1. The molecule has 1 saturated heterocycles. The third-order valence-corrected chi connectivity index (χ3v) is 6.54. The van der Waals surface area contributed by atoms with Crippen LogP contribution in [-0.2, 0) is 23.4 Å². The molecule has 3 N–H and O–H groups in total. The first-order chi connectivity index (χ1) is 15.4. The molecule has 1 aliphatic heterocycles. The van der Waals surface area contributed by atoms with E-state index in [1.165, 1.54) is 0 Å². The number of carbonyl (C=O) groups is 1. The van der Waals surface area contributed by atoms with Gasteiger partial charge in [-0.2, -0.15) is 9.97 Å². The van der Waals surface area contributed by atoms with Gasteiger partial charge in [-0.1, -0.05) is 5.09 Å². The second kappa shape index (κ2) is 9.62. The second-order valence-electron chi connectivity index (χ2n) is 8.02. The third-order valence-electron chi connectivity index (χ3n) is 5.56. The lowest BCUT2D eigenvalue weighted by atomic mass is 10.2. The number of nitrogens with one attached hydrogen (secondary N) is 1. The first kappa shape index (κ1) is 22.8. The monoisotopic (exact) mass is 466 g/mol. The molecule has 4 rings (SSSR count). The van der Waals surface area contributed by atoms with Crippen LogP contribution in [-0.4, -0.2) is 63.9 Å². The highest BCUT2D eigenvalue weighted by Crippen LogP contribution is 2.36. The number of nitrogens with zero attached hydrogens (tertiary/aromatic N) is 5. The second-order valence-corrected chi connectivity index (χ2v) is 9.05. The van der Waals surface area contributed by atoms with Gasteiger partial charge in [0.05, 0.1) is 19.0 Å². The molecule has 0 bridgehead atoms. The van der Waals surface area contributed by atoms with Crippen LogP contribution >= 0.6 is 8.18 Å². The average Bonchev–Trinajstić information content (AvgIpc) is 3.36. The zero-order valence-corrected chi connectivity index (χ0v) is 19.3. The standard InChI is InChI=1S/C19H29N7O5P/c1-4-29-18(27)11(2)24-32(28)30-9-13-7-8-14(31-13)26-10-21-15-16(25(3)12-5-6-12)22-19(20)23-17(15)26/h10-14H,4-9H2,1-3H3,(H,24,28)(H2,20,22,23)/q+1/t11-,13-,14+/m0/s1. The molecule has 2 fully saturated rings. The molecule has 0 radical (unpaired) electrons. The predicted molar refractivity (Wildman–Crippen MR) is 117 cm³/mol. The van der Waals surface area contributed by atoms with Crippen LogP contribution in [0, 0.1) is 0 Å². The van der Waals surface area contributed by atoms with E-state index in [2.05, 4.69) is 24.9 Å². The van der Waals surface area contributed by atoms with Crippen molar-refractivity contribution in [2.24, 2.45) is 0 Å². The summed E-state index contributed by atoms with van der Waals surface area (Å²) in [7, 11) is -0.231. The lowest BCUT2D eigenvalue weighted by molar-refractivity contribution is -0.144. The first-order valence-corrected chi connectivity index (χ1v) is 12.0. The molecule has 1 saturated carbocycles. The largest absolute Gasteiger partial charge is 0.613 e. The highest BCUT2D eigenvalue weighted by atomic mass is 31.1. The molecule has 0 amide bonds. The first-order valence-electron chi connectivity index (χ1n) is 10.8. The Bertz CT molecular complexity index is 998. The van der Waals surface area contributed by atoms with Gasteiger partial charge in [0.2, 0.25) is 5.95 Å². The number of hydrogen-bond donors (Lipinski definition) is 2. The summed E-state index contributed by atoms with van der Waals surface area (Å²) in [6.45, 7) is 3.68. The highest BCUT2D eigenvalue weighted by molar-refractivity contribution is 7.36. The summed E-state index contributed by atoms with van der Waals surface area (Å²) in [5.74, 6) is 0.445. The van der Waals surface area contributed by atoms with Crippen molar-refractivity contribution < 1.29 is 23.4 Å². The molecule has 2 aliphatic rings. The molecule has 12 nitrogen and oxygen atoms in total. The van der Waals surface area contributed by atoms with Crippen LogP contribution in [0.5, 0.6) is 0 Å². The predicted octanol–water partition coefficient (Wildman–Crippen LogP) is 1.90. The van der Waals surface area contributed by atoms with Gasteiger partial charge in [0.25, 0.3) is 0 Å². The van der Waals surface area contributed by atoms with Gasteiger partial charge in [-0.05, 0) is 44.1 Å². The van der Waals surface area contributed by atoms with Crippen molar-refractivity contribution >= 4 is 37.1 Å². The molecular weight excluding hydrogens is 437 g/mol. The van der Waals surface area contributed by atoms with E-state index in [0.29, 0.717) is 17.2 Å². The van der Waals surface area contributed by atoms with E-state index in [-0.39, 0.29) is 31.5 Å². The molecule has 0 aromatic carbocycles. The molecule has 2 aromatic heterocycles. The number of rotatable bonds is 10. The Morgan fingerprint density at radius 1 is 1.41 bits per heavy atom. The lowest BCUT2D eigenvalue weighted by Crippen LogP contribution is -2.31. The van der Waals surface area contributed by atoms with Gasteiger partial charge in [-0.15, -0.1) is 4.52 Å². The molecule has 13 heteroatoms. The van der Waals surface area contributed by atoms with Crippen molar-refractivity contribution in [1.82, 2.24) is 24.6 Å². The Morgan fingerprint density at radius 3 is 2.91 bits per heavy atom. The van der Waals surface area contributed by atoms with E-state index in [9.17, 15) is 9.36 Å². The van der Waals surface area contributed by atoms with Crippen LogP contribution in [0.3, 0.4) is 0 Å². The van der Waals surface area contributed by atoms with Crippen molar-refractivity contribution in [2.45, 2.75) is 63.9 Å². The number of imidazole rings is 1. The van der Waals surface area contributed by atoms with Gasteiger partial charge in [-0.25, -0.2) is 4.98 Å². The van der Waals surface area contributed by atoms with Crippen LogP contribution in [0.4, 0.5) is 11.8 Å². The Kier molecular flexibility index (Phi) is 6.85. The minimum absolute atomic E-state index is 0.133. The lowest BCUT2D eigenvalue weighted by Gasteiger charge is -2.18. The summed E-state index contributed by atoms with van der Waals surface area (Å²) in [4.78, 5) is 27.0. The summed E-state index contributed by atoms with van der Waals surface area (Å²) in [5, 5.41) is 2.59. The van der Waals surface area contributed by atoms with E-state index in [1.807, 2.05) is 11.6 Å². The summed E-state index contributed by atoms with van der Waals surface area (Å²) in [6, 6.07) is -0.259. The van der Waals surface area contributed by atoms with Crippen molar-refractivity contribution in [3.05, 3.63) is 6.33 Å². The van der Waals surface area contributed by atoms with Gasteiger partial charge in [0, 0.05) is 13.1 Å². The van der Waals surface area contributed by atoms with Crippen LogP contribution in [0.15, 0.2) is 6.33 Å². The summed E-state index contributed by atoms with van der Waals surface area (Å²) >= 11 is 0. The van der Waals surface area contributed by atoms with Crippen LogP contribution in [0.1, 0.15) is 45.8 Å². The molecule has 3 heterocycles. The Labute approximate surface area is 186 Å². The SMILES string of the molecule is CCOC(=O)[C@H](C)N[P+](=O)OC[C@@H]1CC[C@H](n2cnc3c(N(C)C4CC4)nc(N)nc32)O1. The molecular formula is C19H29N7O5P+. The van der Waals surface area contributed by atoms with Gasteiger partial charge >= 0.3 is 14.1 Å². The number of esters is 1. The van der Waals surface area contributed by atoms with Crippen molar-refractivity contribution in [2.75, 3.05) is 30.9 Å². The van der Waals surface area contributed by atoms with E-state index in [0.717, 1.165) is 31.5 Å². The fourth-order valence-corrected chi connectivity index (χ4v) is 4.49. The maximum absolute atomic E-state index is 12.1. The summed E-state index contributed by atoms with van der Waals surface area (Å²) < 4.78 is 30.3.